The summed E-state index contributed by atoms with van der Waals surface area (Å²) < 4.78 is 39.1. The van der Waals surface area contributed by atoms with Gasteiger partial charge in [0.1, 0.15) is 5.41 Å². The SMILES string of the molecule is O=C(O)C1CCN(C(=O)C2(C(F)(F)F)CCC2)CC1. The van der Waals surface area contributed by atoms with E-state index in [-0.39, 0.29) is 38.8 Å². The molecule has 2 fully saturated rings. The molecule has 19 heavy (non-hydrogen) atoms. The van der Waals surface area contributed by atoms with Crippen LogP contribution < -0.4 is 0 Å². The Bertz CT molecular complexity index is 382. The molecule has 1 heterocycles. The molecule has 2 aliphatic rings. The van der Waals surface area contributed by atoms with Gasteiger partial charge in [0.25, 0.3) is 0 Å². The van der Waals surface area contributed by atoms with Crippen LogP contribution in [0.1, 0.15) is 32.1 Å². The Labute approximate surface area is 108 Å². The molecule has 1 saturated carbocycles. The second-order valence-corrected chi connectivity index (χ2v) is 5.34. The molecule has 1 amide bonds. The Hall–Kier alpha value is -1.27. The van der Waals surface area contributed by atoms with Gasteiger partial charge in [0.05, 0.1) is 5.92 Å². The van der Waals surface area contributed by atoms with Crippen molar-refractivity contribution < 1.29 is 27.9 Å². The van der Waals surface area contributed by atoms with E-state index in [2.05, 4.69) is 0 Å². The van der Waals surface area contributed by atoms with E-state index in [9.17, 15) is 22.8 Å². The number of piperidine rings is 1. The van der Waals surface area contributed by atoms with E-state index >= 15 is 0 Å². The van der Waals surface area contributed by atoms with Gasteiger partial charge in [0.15, 0.2) is 0 Å². The number of carboxylic acid groups (broad SMARTS) is 1. The van der Waals surface area contributed by atoms with Crippen LogP contribution in [0, 0.1) is 11.3 Å². The highest BCUT2D eigenvalue weighted by atomic mass is 19.4. The predicted octanol–water partition coefficient (Wildman–Crippen LogP) is 2.04. The molecule has 4 nitrogen and oxygen atoms in total. The second kappa shape index (κ2) is 4.68. The molecule has 0 aromatic carbocycles. The average Bonchev–Trinajstić information content (AvgIpc) is 2.25. The summed E-state index contributed by atoms with van der Waals surface area (Å²) in [4.78, 5) is 24.0. The summed E-state index contributed by atoms with van der Waals surface area (Å²) in [6, 6.07) is 0. The van der Waals surface area contributed by atoms with Crippen molar-refractivity contribution >= 4 is 11.9 Å². The van der Waals surface area contributed by atoms with Crippen LogP contribution in [0.5, 0.6) is 0 Å². The summed E-state index contributed by atoms with van der Waals surface area (Å²) in [5.41, 5.74) is -2.21. The number of carbonyl (C=O) groups excluding carboxylic acids is 1. The van der Waals surface area contributed by atoms with Crippen molar-refractivity contribution in [1.82, 2.24) is 4.90 Å². The molecule has 2 rings (SSSR count). The first-order chi connectivity index (χ1) is 8.78. The maximum atomic E-state index is 13.0. The van der Waals surface area contributed by atoms with Crippen molar-refractivity contribution in [1.29, 1.82) is 0 Å². The highest BCUT2D eigenvalue weighted by Crippen LogP contribution is 2.54. The molecule has 0 radical (unpaired) electrons. The number of amides is 1. The monoisotopic (exact) mass is 279 g/mol. The number of alkyl halides is 3. The van der Waals surface area contributed by atoms with Gasteiger partial charge in [-0.2, -0.15) is 13.2 Å². The number of rotatable bonds is 2. The van der Waals surface area contributed by atoms with Crippen molar-refractivity contribution in [3.05, 3.63) is 0 Å². The van der Waals surface area contributed by atoms with Gasteiger partial charge in [-0.25, -0.2) is 0 Å². The minimum atomic E-state index is -4.51. The molecule has 1 N–H and O–H groups in total. The number of halogens is 3. The van der Waals surface area contributed by atoms with Crippen molar-refractivity contribution in [2.75, 3.05) is 13.1 Å². The van der Waals surface area contributed by atoms with Gasteiger partial charge >= 0.3 is 12.1 Å². The van der Waals surface area contributed by atoms with Gasteiger partial charge in [0.2, 0.25) is 5.91 Å². The van der Waals surface area contributed by atoms with E-state index in [4.69, 9.17) is 5.11 Å². The first kappa shape index (κ1) is 14.1. The molecular weight excluding hydrogens is 263 g/mol. The molecule has 1 saturated heterocycles. The third kappa shape index (κ3) is 2.30. The fourth-order valence-electron chi connectivity index (χ4n) is 2.78. The predicted molar refractivity (Wildman–Crippen MR) is 59.3 cm³/mol. The number of hydrogen-bond donors (Lipinski definition) is 1. The lowest BCUT2D eigenvalue weighted by atomic mass is 9.67. The van der Waals surface area contributed by atoms with Gasteiger partial charge in [0, 0.05) is 13.1 Å². The molecule has 0 bridgehead atoms. The Morgan fingerprint density at radius 2 is 1.68 bits per heavy atom. The summed E-state index contributed by atoms with van der Waals surface area (Å²) in [5, 5.41) is 8.83. The highest BCUT2D eigenvalue weighted by Gasteiger charge is 2.64. The third-order valence-corrected chi connectivity index (χ3v) is 4.29. The Morgan fingerprint density at radius 3 is 2.00 bits per heavy atom. The minimum absolute atomic E-state index is 0.105. The largest absolute Gasteiger partial charge is 0.481 e. The number of hydrogen-bond acceptors (Lipinski definition) is 2. The van der Waals surface area contributed by atoms with Crippen LogP contribution in [0.15, 0.2) is 0 Å². The van der Waals surface area contributed by atoms with Gasteiger partial charge in [-0.1, -0.05) is 6.42 Å². The first-order valence-corrected chi connectivity index (χ1v) is 6.37. The van der Waals surface area contributed by atoms with Gasteiger partial charge < -0.3 is 10.0 Å². The van der Waals surface area contributed by atoms with Crippen molar-refractivity contribution in [2.45, 2.75) is 38.3 Å². The molecular formula is C12H16F3NO3. The maximum Gasteiger partial charge on any atom is 0.403 e. The molecule has 0 atom stereocenters. The van der Waals surface area contributed by atoms with E-state index in [0.717, 1.165) is 0 Å². The second-order valence-electron chi connectivity index (χ2n) is 5.34. The van der Waals surface area contributed by atoms with E-state index in [1.165, 1.54) is 4.90 Å². The Morgan fingerprint density at radius 1 is 1.16 bits per heavy atom. The summed E-state index contributed by atoms with van der Waals surface area (Å²) in [7, 11) is 0. The highest BCUT2D eigenvalue weighted by molar-refractivity contribution is 5.85. The van der Waals surface area contributed by atoms with Crippen LogP contribution >= 0.6 is 0 Å². The third-order valence-electron chi connectivity index (χ3n) is 4.29. The van der Waals surface area contributed by atoms with Crippen molar-refractivity contribution in [3.63, 3.8) is 0 Å². The molecule has 0 spiro atoms. The average molecular weight is 279 g/mol. The molecule has 1 aliphatic carbocycles. The van der Waals surface area contributed by atoms with E-state index < -0.39 is 29.4 Å². The van der Waals surface area contributed by atoms with Gasteiger partial charge in [-0.05, 0) is 25.7 Å². The summed E-state index contributed by atoms with van der Waals surface area (Å²) in [5.74, 6) is -2.36. The number of carboxylic acids is 1. The number of likely N-dealkylation sites (tertiary alicyclic amines) is 1. The number of carbonyl (C=O) groups is 2. The molecule has 0 unspecified atom stereocenters. The van der Waals surface area contributed by atoms with Crippen molar-refractivity contribution in [2.24, 2.45) is 11.3 Å². The normalized spacial score (nSPS) is 23.8. The minimum Gasteiger partial charge on any atom is -0.481 e. The van der Waals surface area contributed by atoms with Crippen LogP contribution in [0.3, 0.4) is 0 Å². The van der Waals surface area contributed by atoms with Gasteiger partial charge in [-0.3, -0.25) is 9.59 Å². The van der Waals surface area contributed by atoms with Crippen LogP contribution in [0.25, 0.3) is 0 Å². The topological polar surface area (TPSA) is 57.6 Å². The lowest BCUT2D eigenvalue weighted by molar-refractivity contribution is -0.249. The fraction of sp³-hybridized carbons (Fsp3) is 0.833. The van der Waals surface area contributed by atoms with E-state index in [1.807, 2.05) is 0 Å². The quantitative estimate of drug-likeness (QED) is 0.841. The van der Waals surface area contributed by atoms with Gasteiger partial charge in [-0.15, -0.1) is 0 Å². The number of aliphatic carboxylic acids is 1. The zero-order valence-corrected chi connectivity index (χ0v) is 10.4. The van der Waals surface area contributed by atoms with E-state index in [1.54, 1.807) is 0 Å². The first-order valence-electron chi connectivity index (χ1n) is 6.37. The summed E-state index contributed by atoms with van der Waals surface area (Å²) in [6.07, 6.45) is -3.92. The smallest absolute Gasteiger partial charge is 0.403 e. The summed E-state index contributed by atoms with van der Waals surface area (Å²) >= 11 is 0. The maximum absolute atomic E-state index is 13.0. The Balaban J connectivity index is 2.03. The zero-order chi connectivity index (χ0) is 14.3. The van der Waals surface area contributed by atoms with Crippen molar-refractivity contribution in [3.8, 4) is 0 Å². The summed E-state index contributed by atoms with van der Waals surface area (Å²) in [6.45, 7) is 0.210. The standard InChI is InChI=1S/C12H16F3NO3/c13-12(14,15)11(4-1-5-11)10(19)16-6-2-8(3-7-16)9(17)18/h8H,1-7H2,(H,17,18). The lowest BCUT2D eigenvalue weighted by Crippen LogP contribution is -2.57. The zero-order valence-electron chi connectivity index (χ0n) is 10.4. The Kier molecular flexibility index (Phi) is 3.49. The van der Waals surface area contributed by atoms with Crippen LogP contribution in [0.4, 0.5) is 13.2 Å². The lowest BCUT2D eigenvalue weighted by Gasteiger charge is -2.45. The molecule has 7 heteroatoms. The molecule has 0 aromatic heterocycles. The van der Waals surface area contributed by atoms with Crippen LogP contribution in [-0.2, 0) is 9.59 Å². The number of nitrogens with zero attached hydrogens (tertiary/aromatic N) is 1. The molecule has 1 aliphatic heterocycles. The molecule has 108 valence electrons. The van der Waals surface area contributed by atoms with E-state index in [0.29, 0.717) is 6.42 Å². The molecule has 0 aromatic rings. The van der Waals surface area contributed by atoms with Crippen LogP contribution in [-0.4, -0.2) is 41.1 Å². The fourth-order valence-corrected chi connectivity index (χ4v) is 2.78. The van der Waals surface area contributed by atoms with Crippen LogP contribution in [0.2, 0.25) is 0 Å².